The van der Waals surface area contributed by atoms with E-state index in [1.165, 1.54) is 25.3 Å². The fraction of sp³-hybridized carbons (Fsp3) is 0.625. The third-order valence-corrected chi connectivity index (χ3v) is 4.99. The van der Waals surface area contributed by atoms with Crippen molar-refractivity contribution in [2.24, 2.45) is 11.8 Å². The van der Waals surface area contributed by atoms with Crippen molar-refractivity contribution in [1.82, 2.24) is 5.43 Å². The molecule has 0 aromatic heterocycles. The van der Waals surface area contributed by atoms with E-state index >= 15 is 0 Å². The predicted molar refractivity (Wildman–Crippen MR) is 76.5 cm³/mol. The molecule has 1 saturated heterocycles. The average molecular weight is 278 g/mol. The van der Waals surface area contributed by atoms with Crippen LogP contribution in [0, 0.1) is 18.7 Å². The van der Waals surface area contributed by atoms with Crippen molar-refractivity contribution in [3.05, 3.63) is 35.1 Å². The molecule has 1 aromatic carbocycles. The predicted octanol–water partition coefficient (Wildman–Crippen LogP) is 2.99. The van der Waals surface area contributed by atoms with Crippen molar-refractivity contribution in [1.29, 1.82) is 0 Å². The molecule has 1 saturated carbocycles. The molecule has 20 heavy (non-hydrogen) atoms. The largest absolute Gasteiger partial charge is 0.375 e. The molecule has 1 spiro atoms. The highest BCUT2D eigenvalue weighted by atomic mass is 19.1. The highest BCUT2D eigenvalue weighted by Gasteiger charge is 2.44. The van der Waals surface area contributed by atoms with Crippen LogP contribution in [0.3, 0.4) is 0 Å². The van der Waals surface area contributed by atoms with Crippen LogP contribution >= 0.6 is 0 Å². The minimum atomic E-state index is -0.160. The zero-order valence-electron chi connectivity index (χ0n) is 12.0. The second kappa shape index (κ2) is 5.43. The fourth-order valence-electron chi connectivity index (χ4n) is 3.64. The Hall–Kier alpha value is -0.970. The molecule has 2 atom stereocenters. The highest BCUT2D eigenvalue weighted by molar-refractivity contribution is 5.27. The van der Waals surface area contributed by atoms with E-state index in [9.17, 15) is 4.39 Å². The van der Waals surface area contributed by atoms with Gasteiger partial charge in [-0.15, -0.1) is 0 Å². The van der Waals surface area contributed by atoms with Crippen molar-refractivity contribution in [2.45, 2.75) is 50.7 Å². The zero-order valence-corrected chi connectivity index (χ0v) is 12.0. The normalized spacial score (nSPS) is 26.2. The zero-order chi connectivity index (χ0) is 14.2. The molecule has 2 fully saturated rings. The van der Waals surface area contributed by atoms with Crippen LogP contribution in [0.1, 0.15) is 49.3 Å². The first-order valence-corrected chi connectivity index (χ1v) is 7.50. The first kappa shape index (κ1) is 14.0. The number of ether oxygens (including phenoxy) is 1. The summed E-state index contributed by atoms with van der Waals surface area (Å²) in [5, 5.41) is 0. The van der Waals surface area contributed by atoms with Gasteiger partial charge < -0.3 is 4.74 Å². The molecular formula is C16H23FN2O. The number of aryl methyl sites for hydroxylation is 1. The van der Waals surface area contributed by atoms with Crippen LogP contribution in [0.2, 0.25) is 0 Å². The lowest BCUT2D eigenvalue weighted by Crippen LogP contribution is -2.48. The summed E-state index contributed by atoms with van der Waals surface area (Å²) in [6.07, 6.45) is 5.67. The molecule has 3 rings (SSSR count). The summed E-state index contributed by atoms with van der Waals surface area (Å²) in [7, 11) is 0. The molecule has 0 bridgehead atoms. The molecule has 1 heterocycles. The van der Waals surface area contributed by atoms with Crippen LogP contribution in [0.15, 0.2) is 18.2 Å². The summed E-state index contributed by atoms with van der Waals surface area (Å²) in [4.78, 5) is 0. The van der Waals surface area contributed by atoms with Crippen molar-refractivity contribution in [3.63, 3.8) is 0 Å². The van der Waals surface area contributed by atoms with E-state index in [0.29, 0.717) is 11.5 Å². The van der Waals surface area contributed by atoms with Gasteiger partial charge in [0.15, 0.2) is 0 Å². The molecule has 1 aliphatic heterocycles. The van der Waals surface area contributed by atoms with E-state index in [2.05, 4.69) is 5.43 Å². The molecule has 110 valence electrons. The third-order valence-electron chi connectivity index (χ3n) is 4.99. The fourth-order valence-corrected chi connectivity index (χ4v) is 3.64. The maximum atomic E-state index is 13.4. The van der Waals surface area contributed by atoms with Gasteiger partial charge in [0.2, 0.25) is 0 Å². The van der Waals surface area contributed by atoms with Gasteiger partial charge in [-0.25, -0.2) is 4.39 Å². The summed E-state index contributed by atoms with van der Waals surface area (Å²) in [6.45, 7) is 2.60. The Balaban J connectivity index is 1.79. The van der Waals surface area contributed by atoms with Crippen molar-refractivity contribution in [3.8, 4) is 0 Å². The Morgan fingerprint density at radius 2 is 2.25 bits per heavy atom. The van der Waals surface area contributed by atoms with Gasteiger partial charge >= 0.3 is 0 Å². The van der Waals surface area contributed by atoms with Gasteiger partial charge in [0.05, 0.1) is 5.60 Å². The summed E-state index contributed by atoms with van der Waals surface area (Å²) in [5.41, 5.74) is 4.80. The molecule has 4 heteroatoms. The first-order chi connectivity index (χ1) is 9.63. The number of benzene rings is 1. The van der Waals surface area contributed by atoms with E-state index in [-0.39, 0.29) is 17.5 Å². The number of hydrogen-bond donors (Lipinski definition) is 2. The van der Waals surface area contributed by atoms with Gasteiger partial charge in [-0.05, 0) is 62.1 Å². The van der Waals surface area contributed by atoms with Crippen LogP contribution in [0.5, 0.6) is 0 Å². The van der Waals surface area contributed by atoms with Crippen LogP contribution in [-0.2, 0) is 4.74 Å². The molecule has 1 aliphatic carbocycles. The Labute approximate surface area is 119 Å². The van der Waals surface area contributed by atoms with Crippen LogP contribution in [0.4, 0.5) is 4.39 Å². The lowest BCUT2D eigenvalue weighted by Gasteiger charge is -2.48. The van der Waals surface area contributed by atoms with Gasteiger partial charge in [0, 0.05) is 12.6 Å². The maximum Gasteiger partial charge on any atom is 0.126 e. The van der Waals surface area contributed by atoms with Crippen molar-refractivity contribution >= 4 is 0 Å². The lowest BCUT2D eigenvalue weighted by atomic mass is 9.69. The third kappa shape index (κ3) is 2.48. The minimum Gasteiger partial charge on any atom is -0.375 e. The SMILES string of the molecule is Cc1cc(C(NN)C2CCOC3(CCC3)C2)ccc1F. The molecule has 0 radical (unpaired) electrons. The molecule has 0 amide bonds. The van der Waals surface area contributed by atoms with Gasteiger partial charge in [0.1, 0.15) is 5.82 Å². The Kier molecular flexibility index (Phi) is 3.80. The molecule has 3 nitrogen and oxygen atoms in total. The van der Waals surface area contributed by atoms with E-state index < -0.39 is 0 Å². The standard InChI is InChI=1S/C16H23FN2O/c1-11-9-12(3-4-14(11)17)15(19-18)13-5-8-20-16(10-13)6-2-7-16/h3-4,9,13,15,19H,2,5-8,10,18H2,1H3. The summed E-state index contributed by atoms with van der Waals surface area (Å²) in [5.74, 6) is 6.08. The average Bonchev–Trinajstić information content (AvgIpc) is 2.42. The number of halogens is 1. The quantitative estimate of drug-likeness (QED) is 0.660. The number of nitrogens with two attached hydrogens (primary N) is 1. The van der Waals surface area contributed by atoms with Crippen LogP contribution < -0.4 is 11.3 Å². The second-order valence-electron chi connectivity index (χ2n) is 6.29. The molecule has 2 aliphatic rings. The van der Waals surface area contributed by atoms with Gasteiger partial charge in [0.25, 0.3) is 0 Å². The lowest BCUT2D eigenvalue weighted by molar-refractivity contribution is -0.147. The smallest absolute Gasteiger partial charge is 0.126 e. The minimum absolute atomic E-state index is 0.0793. The monoisotopic (exact) mass is 278 g/mol. The van der Waals surface area contributed by atoms with E-state index in [0.717, 1.165) is 25.0 Å². The molecule has 3 N–H and O–H groups in total. The number of hydrazine groups is 1. The maximum absolute atomic E-state index is 13.4. The number of rotatable bonds is 3. The Bertz CT molecular complexity index is 487. The van der Waals surface area contributed by atoms with Crippen molar-refractivity contribution in [2.75, 3.05) is 6.61 Å². The molecule has 2 unspecified atom stereocenters. The Morgan fingerprint density at radius 1 is 1.45 bits per heavy atom. The van der Waals surface area contributed by atoms with E-state index in [4.69, 9.17) is 10.6 Å². The number of hydrogen-bond acceptors (Lipinski definition) is 3. The molecular weight excluding hydrogens is 255 g/mol. The van der Waals surface area contributed by atoms with Gasteiger partial charge in [-0.1, -0.05) is 12.1 Å². The topological polar surface area (TPSA) is 47.3 Å². The van der Waals surface area contributed by atoms with Gasteiger partial charge in [-0.3, -0.25) is 11.3 Å². The van der Waals surface area contributed by atoms with Crippen LogP contribution in [-0.4, -0.2) is 12.2 Å². The molecule has 1 aromatic rings. The van der Waals surface area contributed by atoms with Crippen LogP contribution in [0.25, 0.3) is 0 Å². The summed E-state index contributed by atoms with van der Waals surface area (Å²) >= 11 is 0. The van der Waals surface area contributed by atoms with E-state index in [1.807, 2.05) is 12.1 Å². The van der Waals surface area contributed by atoms with Gasteiger partial charge in [-0.2, -0.15) is 0 Å². The van der Waals surface area contributed by atoms with E-state index in [1.54, 1.807) is 6.92 Å². The first-order valence-electron chi connectivity index (χ1n) is 7.50. The number of nitrogens with one attached hydrogen (secondary N) is 1. The summed E-state index contributed by atoms with van der Waals surface area (Å²) in [6, 6.07) is 5.36. The second-order valence-corrected chi connectivity index (χ2v) is 6.29. The Morgan fingerprint density at radius 3 is 2.85 bits per heavy atom. The van der Waals surface area contributed by atoms with Crippen molar-refractivity contribution < 1.29 is 9.13 Å². The summed E-state index contributed by atoms with van der Waals surface area (Å²) < 4.78 is 19.4. The highest BCUT2D eigenvalue weighted by Crippen LogP contribution is 2.47.